The van der Waals surface area contributed by atoms with E-state index in [1.165, 1.54) is 6.42 Å². The minimum atomic E-state index is 0.0712. The molecule has 1 aliphatic rings. The largest absolute Gasteiger partial charge is 0.358 e. The van der Waals surface area contributed by atoms with Gasteiger partial charge in [0.1, 0.15) is 12.0 Å². The maximum atomic E-state index is 5.92. The van der Waals surface area contributed by atoms with Crippen LogP contribution in [0, 0.1) is 11.8 Å². The van der Waals surface area contributed by atoms with Crippen molar-refractivity contribution in [2.24, 2.45) is 0 Å². The molecule has 0 amide bonds. The standard InChI is InChI=1S/C17H18ClN3O/c18-15-7-3-5-14(13-15)6-4-10-19-16-9-11-21(20-16)17-8-1-2-12-22-17/h3,5,7,9,11,13,17H,1-2,8,10,12H2,(H,19,20). The lowest BCUT2D eigenvalue weighted by molar-refractivity contribution is -0.0393. The molecule has 0 saturated carbocycles. The van der Waals surface area contributed by atoms with Crippen molar-refractivity contribution < 1.29 is 4.74 Å². The third kappa shape index (κ3) is 4.03. The van der Waals surface area contributed by atoms with E-state index in [1.807, 2.05) is 41.2 Å². The van der Waals surface area contributed by atoms with Crippen molar-refractivity contribution in [3.63, 3.8) is 0 Å². The van der Waals surface area contributed by atoms with Crippen LogP contribution in [0.2, 0.25) is 5.02 Å². The molecule has 22 heavy (non-hydrogen) atoms. The zero-order valence-corrected chi connectivity index (χ0v) is 13.0. The predicted molar refractivity (Wildman–Crippen MR) is 87.9 cm³/mol. The van der Waals surface area contributed by atoms with E-state index in [4.69, 9.17) is 16.3 Å². The maximum Gasteiger partial charge on any atom is 0.150 e. The Morgan fingerprint density at radius 3 is 3.14 bits per heavy atom. The number of benzene rings is 1. The lowest BCUT2D eigenvalue weighted by Crippen LogP contribution is -2.18. The third-order valence-electron chi connectivity index (χ3n) is 3.47. The third-order valence-corrected chi connectivity index (χ3v) is 3.71. The number of anilines is 1. The lowest BCUT2D eigenvalue weighted by atomic mass is 10.2. The van der Waals surface area contributed by atoms with Crippen LogP contribution >= 0.6 is 11.6 Å². The van der Waals surface area contributed by atoms with Crippen LogP contribution in [0.4, 0.5) is 5.82 Å². The van der Waals surface area contributed by atoms with E-state index in [0.29, 0.717) is 11.6 Å². The van der Waals surface area contributed by atoms with Crippen LogP contribution in [0.15, 0.2) is 36.5 Å². The number of rotatable bonds is 3. The summed E-state index contributed by atoms with van der Waals surface area (Å²) >= 11 is 5.92. The molecular formula is C17H18ClN3O. The Balaban J connectivity index is 1.53. The van der Waals surface area contributed by atoms with Crippen LogP contribution in [0.25, 0.3) is 0 Å². The van der Waals surface area contributed by atoms with Crippen molar-refractivity contribution in [1.29, 1.82) is 0 Å². The zero-order valence-electron chi connectivity index (χ0n) is 12.3. The number of hydrogen-bond acceptors (Lipinski definition) is 3. The maximum absolute atomic E-state index is 5.92. The molecule has 1 atom stereocenters. The van der Waals surface area contributed by atoms with Gasteiger partial charge in [-0.25, -0.2) is 4.68 Å². The number of hydrogen-bond donors (Lipinski definition) is 1. The van der Waals surface area contributed by atoms with Gasteiger partial charge in [-0.2, -0.15) is 5.10 Å². The van der Waals surface area contributed by atoms with Gasteiger partial charge in [0.25, 0.3) is 0 Å². The molecule has 1 aliphatic heterocycles. The van der Waals surface area contributed by atoms with E-state index in [0.717, 1.165) is 30.8 Å². The van der Waals surface area contributed by atoms with Gasteiger partial charge in [0.15, 0.2) is 0 Å². The van der Waals surface area contributed by atoms with E-state index < -0.39 is 0 Å². The Kier molecular flexibility index (Phi) is 4.99. The van der Waals surface area contributed by atoms with Gasteiger partial charge in [0.05, 0.1) is 6.54 Å². The number of aromatic nitrogens is 2. The van der Waals surface area contributed by atoms with Crippen LogP contribution in [-0.4, -0.2) is 22.9 Å². The first-order valence-electron chi connectivity index (χ1n) is 7.46. The molecule has 3 rings (SSSR count). The molecule has 1 saturated heterocycles. The SMILES string of the molecule is Clc1cccc(C#CCNc2ccn(C3CCCCO3)n2)c1. The van der Waals surface area contributed by atoms with Gasteiger partial charge in [-0.15, -0.1) is 0 Å². The van der Waals surface area contributed by atoms with Crippen LogP contribution in [-0.2, 0) is 4.74 Å². The molecule has 0 bridgehead atoms. The van der Waals surface area contributed by atoms with E-state index >= 15 is 0 Å². The average Bonchev–Trinajstić information content (AvgIpc) is 3.01. The first kappa shape index (κ1) is 15.0. The van der Waals surface area contributed by atoms with E-state index in [9.17, 15) is 0 Å². The molecule has 2 aromatic rings. The molecule has 4 nitrogen and oxygen atoms in total. The fourth-order valence-corrected chi connectivity index (χ4v) is 2.56. The molecular weight excluding hydrogens is 298 g/mol. The Bertz CT molecular complexity index is 680. The number of halogens is 1. The van der Waals surface area contributed by atoms with Crippen molar-refractivity contribution in [2.45, 2.75) is 25.5 Å². The minimum absolute atomic E-state index is 0.0712. The molecule has 1 N–H and O–H groups in total. The molecule has 5 heteroatoms. The highest BCUT2D eigenvalue weighted by Gasteiger charge is 2.16. The summed E-state index contributed by atoms with van der Waals surface area (Å²) in [4.78, 5) is 0. The molecule has 1 fully saturated rings. The predicted octanol–water partition coefficient (Wildman–Crippen LogP) is 3.70. The van der Waals surface area contributed by atoms with Crippen molar-refractivity contribution in [2.75, 3.05) is 18.5 Å². The fraction of sp³-hybridized carbons (Fsp3) is 0.353. The zero-order chi connectivity index (χ0) is 15.2. The van der Waals surface area contributed by atoms with Gasteiger partial charge in [-0.1, -0.05) is 29.5 Å². The Morgan fingerprint density at radius 1 is 1.36 bits per heavy atom. The smallest absolute Gasteiger partial charge is 0.150 e. The summed E-state index contributed by atoms with van der Waals surface area (Å²) in [6.07, 6.45) is 5.38. The Hall–Kier alpha value is -1.96. The second-order valence-electron chi connectivity index (χ2n) is 5.17. The van der Waals surface area contributed by atoms with Gasteiger partial charge in [-0.05, 0) is 37.5 Å². The second-order valence-corrected chi connectivity index (χ2v) is 5.60. The molecule has 1 aromatic heterocycles. The van der Waals surface area contributed by atoms with Gasteiger partial charge < -0.3 is 10.1 Å². The molecule has 0 radical (unpaired) electrons. The first-order valence-corrected chi connectivity index (χ1v) is 7.84. The first-order chi connectivity index (χ1) is 10.8. The minimum Gasteiger partial charge on any atom is -0.358 e. The Morgan fingerprint density at radius 2 is 2.32 bits per heavy atom. The van der Waals surface area contributed by atoms with E-state index in [-0.39, 0.29) is 6.23 Å². The van der Waals surface area contributed by atoms with Crippen LogP contribution < -0.4 is 5.32 Å². The summed E-state index contributed by atoms with van der Waals surface area (Å²) in [7, 11) is 0. The van der Waals surface area contributed by atoms with Gasteiger partial charge >= 0.3 is 0 Å². The normalized spacial score (nSPS) is 17.6. The fourth-order valence-electron chi connectivity index (χ4n) is 2.37. The summed E-state index contributed by atoms with van der Waals surface area (Å²) in [6, 6.07) is 9.47. The monoisotopic (exact) mass is 315 g/mol. The quantitative estimate of drug-likeness (QED) is 0.878. The number of ether oxygens (including phenoxy) is 1. The molecule has 114 valence electrons. The van der Waals surface area contributed by atoms with Crippen molar-refractivity contribution in [1.82, 2.24) is 9.78 Å². The summed E-state index contributed by atoms with van der Waals surface area (Å²) < 4.78 is 7.59. The second kappa shape index (κ2) is 7.35. The molecule has 1 aromatic carbocycles. The molecule has 0 spiro atoms. The van der Waals surface area contributed by atoms with Gasteiger partial charge in [-0.3, -0.25) is 0 Å². The lowest BCUT2D eigenvalue weighted by Gasteiger charge is -2.22. The topological polar surface area (TPSA) is 39.1 Å². The number of nitrogens with one attached hydrogen (secondary N) is 1. The summed E-state index contributed by atoms with van der Waals surface area (Å²) in [6.45, 7) is 1.35. The molecule has 0 aliphatic carbocycles. The Labute approximate surface area is 135 Å². The number of nitrogens with zero attached hydrogens (tertiary/aromatic N) is 2. The average molecular weight is 316 g/mol. The highest BCUT2D eigenvalue weighted by Crippen LogP contribution is 2.22. The molecule has 2 heterocycles. The highest BCUT2D eigenvalue weighted by atomic mass is 35.5. The summed E-state index contributed by atoms with van der Waals surface area (Å²) in [5.41, 5.74) is 0.912. The highest BCUT2D eigenvalue weighted by molar-refractivity contribution is 6.30. The van der Waals surface area contributed by atoms with Gasteiger partial charge in [0.2, 0.25) is 0 Å². The van der Waals surface area contributed by atoms with E-state index in [1.54, 1.807) is 0 Å². The van der Waals surface area contributed by atoms with Crippen LogP contribution in [0.3, 0.4) is 0 Å². The van der Waals surface area contributed by atoms with Crippen LogP contribution in [0.1, 0.15) is 31.1 Å². The summed E-state index contributed by atoms with van der Waals surface area (Å²) in [5.74, 6) is 6.95. The van der Waals surface area contributed by atoms with Gasteiger partial charge in [0, 0.05) is 29.5 Å². The van der Waals surface area contributed by atoms with Crippen molar-refractivity contribution >= 4 is 17.4 Å². The van der Waals surface area contributed by atoms with Crippen molar-refractivity contribution in [3.05, 3.63) is 47.1 Å². The van der Waals surface area contributed by atoms with Crippen LogP contribution in [0.5, 0.6) is 0 Å². The van der Waals surface area contributed by atoms with E-state index in [2.05, 4.69) is 22.3 Å². The summed E-state index contributed by atoms with van der Waals surface area (Å²) in [5, 5.41) is 8.38. The van der Waals surface area contributed by atoms with Crippen molar-refractivity contribution in [3.8, 4) is 11.8 Å². The molecule has 1 unspecified atom stereocenters.